The van der Waals surface area contributed by atoms with Crippen molar-refractivity contribution < 1.29 is 9.53 Å². The van der Waals surface area contributed by atoms with Crippen molar-refractivity contribution in [3.8, 4) is 0 Å². The van der Waals surface area contributed by atoms with Gasteiger partial charge in [0, 0.05) is 19.7 Å². The minimum Gasteiger partial charge on any atom is -0.371 e. The van der Waals surface area contributed by atoms with Gasteiger partial charge >= 0.3 is 0 Å². The fourth-order valence-corrected chi connectivity index (χ4v) is 1.19. The van der Waals surface area contributed by atoms with E-state index in [1.54, 1.807) is 0 Å². The van der Waals surface area contributed by atoms with E-state index in [1.807, 2.05) is 0 Å². The molecule has 14 heavy (non-hydrogen) atoms. The molecule has 3 N–H and O–H groups in total. The van der Waals surface area contributed by atoms with Gasteiger partial charge in [-0.3, -0.25) is 4.79 Å². The predicted molar refractivity (Wildman–Crippen MR) is 57.0 cm³/mol. The molecule has 84 valence electrons. The third-order valence-corrected chi connectivity index (χ3v) is 1.88. The van der Waals surface area contributed by atoms with E-state index < -0.39 is 0 Å². The molecule has 0 spiro atoms. The molecule has 0 fully saturated rings. The molecule has 0 bridgehead atoms. The summed E-state index contributed by atoms with van der Waals surface area (Å²) in [6.07, 6.45) is 2.30. The summed E-state index contributed by atoms with van der Waals surface area (Å²) in [4.78, 5) is 11.0. The van der Waals surface area contributed by atoms with Gasteiger partial charge in [-0.1, -0.05) is 20.3 Å². The first-order chi connectivity index (χ1) is 6.70. The number of nitrogens with two attached hydrogens (primary N) is 1. The Morgan fingerprint density at radius 2 is 2.29 bits per heavy atom. The van der Waals surface area contributed by atoms with Gasteiger partial charge in [0.15, 0.2) is 0 Å². The highest BCUT2D eigenvalue weighted by Gasteiger charge is 2.03. The zero-order valence-corrected chi connectivity index (χ0v) is 9.21. The first kappa shape index (κ1) is 13.4. The molecule has 0 saturated heterocycles. The van der Waals surface area contributed by atoms with E-state index in [4.69, 9.17) is 10.5 Å². The first-order valence-electron chi connectivity index (χ1n) is 5.25. The molecule has 0 aromatic carbocycles. The largest absolute Gasteiger partial charge is 0.371 e. The normalized spacial score (nSPS) is 12.5. The Labute approximate surface area is 86.2 Å². The number of carbonyl (C=O) groups is 1. The summed E-state index contributed by atoms with van der Waals surface area (Å²) in [6, 6.07) is 0. The van der Waals surface area contributed by atoms with Crippen LogP contribution in [0.15, 0.2) is 0 Å². The molecule has 1 amide bonds. The van der Waals surface area contributed by atoms with Crippen LogP contribution >= 0.6 is 0 Å². The molecule has 0 aliphatic rings. The third kappa shape index (κ3) is 8.01. The molecule has 1 atom stereocenters. The average molecular weight is 202 g/mol. The van der Waals surface area contributed by atoms with Crippen molar-refractivity contribution in [1.29, 1.82) is 0 Å². The van der Waals surface area contributed by atoms with Crippen LogP contribution in [0.2, 0.25) is 0 Å². The summed E-state index contributed by atoms with van der Waals surface area (Å²) in [5.41, 5.74) is 5.24. The number of hydrogen-bond acceptors (Lipinski definition) is 3. The Balaban J connectivity index is 3.30. The van der Waals surface area contributed by atoms with Gasteiger partial charge in [0.25, 0.3) is 0 Å². The van der Waals surface area contributed by atoms with Gasteiger partial charge in [-0.2, -0.15) is 0 Å². The second-order valence-corrected chi connectivity index (χ2v) is 3.55. The van der Waals surface area contributed by atoms with Crippen LogP contribution in [0, 0.1) is 5.92 Å². The number of amides is 1. The van der Waals surface area contributed by atoms with Gasteiger partial charge in [-0.05, 0) is 12.3 Å². The Bertz CT molecular complexity index is 151. The lowest BCUT2D eigenvalue weighted by Gasteiger charge is -2.10. The summed E-state index contributed by atoms with van der Waals surface area (Å²) in [5.74, 6) is 0.446. The molecule has 0 aromatic heterocycles. The smallest absolute Gasteiger partial charge is 0.246 e. The molecule has 0 aliphatic heterocycles. The van der Waals surface area contributed by atoms with Gasteiger partial charge in [-0.25, -0.2) is 0 Å². The van der Waals surface area contributed by atoms with E-state index in [0.29, 0.717) is 25.6 Å². The van der Waals surface area contributed by atoms with Crippen LogP contribution in [0.3, 0.4) is 0 Å². The van der Waals surface area contributed by atoms with Crippen molar-refractivity contribution >= 4 is 5.91 Å². The summed E-state index contributed by atoms with van der Waals surface area (Å²) in [6.45, 7) is 6.06. The van der Waals surface area contributed by atoms with Crippen LogP contribution in [-0.4, -0.2) is 32.2 Å². The van der Waals surface area contributed by atoms with Crippen molar-refractivity contribution in [2.75, 3.05) is 26.3 Å². The monoisotopic (exact) mass is 202 g/mol. The zero-order valence-electron chi connectivity index (χ0n) is 9.21. The van der Waals surface area contributed by atoms with Crippen LogP contribution in [0.5, 0.6) is 0 Å². The molecule has 4 nitrogen and oxygen atoms in total. The Kier molecular flexibility index (Phi) is 8.57. The van der Waals surface area contributed by atoms with Crippen molar-refractivity contribution in [2.45, 2.75) is 26.7 Å². The van der Waals surface area contributed by atoms with E-state index >= 15 is 0 Å². The highest BCUT2D eigenvalue weighted by molar-refractivity contribution is 5.77. The van der Waals surface area contributed by atoms with E-state index in [-0.39, 0.29) is 12.5 Å². The summed E-state index contributed by atoms with van der Waals surface area (Å²) < 4.78 is 5.25. The van der Waals surface area contributed by atoms with Gasteiger partial charge in [0.05, 0.1) is 0 Å². The number of rotatable bonds is 8. The minimum atomic E-state index is -0.0841. The fraction of sp³-hybridized carbons (Fsp3) is 0.900. The van der Waals surface area contributed by atoms with Gasteiger partial charge in [0.2, 0.25) is 5.91 Å². The molecular weight excluding hydrogens is 180 g/mol. The lowest BCUT2D eigenvalue weighted by molar-refractivity contribution is -0.126. The third-order valence-electron chi connectivity index (χ3n) is 1.88. The fourth-order valence-electron chi connectivity index (χ4n) is 1.19. The molecule has 0 saturated carbocycles. The molecule has 0 heterocycles. The van der Waals surface area contributed by atoms with Gasteiger partial charge < -0.3 is 15.8 Å². The maximum absolute atomic E-state index is 11.0. The maximum atomic E-state index is 11.0. The Hall–Kier alpha value is -0.610. The van der Waals surface area contributed by atoms with Crippen molar-refractivity contribution in [1.82, 2.24) is 5.32 Å². The van der Waals surface area contributed by atoms with Crippen LogP contribution in [0.4, 0.5) is 0 Å². The topological polar surface area (TPSA) is 64.3 Å². The molecule has 0 aliphatic carbocycles. The standard InChI is InChI=1S/C10H22N2O2/c1-3-4-9(2)7-14-8-10(13)12-6-5-11/h9H,3-8,11H2,1-2H3,(H,12,13). The predicted octanol–water partition coefficient (Wildman–Crippen LogP) is 0.514. The Morgan fingerprint density at radius 1 is 1.57 bits per heavy atom. The molecule has 4 heteroatoms. The quantitative estimate of drug-likeness (QED) is 0.603. The van der Waals surface area contributed by atoms with E-state index in [1.165, 1.54) is 0 Å². The number of carbonyl (C=O) groups excluding carboxylic acids is 1. The summed E-state index contributed by atoms with van der Waals surface area (Å²) in [5, 5.41) is 2.65. The second kappa shape index (κ2) is 8.97. The van der Waals surface area contributed by atoms with E-state index in [0.717, 1.165) is 12.8 Å². The number of hydrogen-bond donors (Lipinski definition) is 2. The summed E-state index contributed by atoms with van der Waals surface area (Å²) in [7, 11) is 0. The lowest BCUT2D eigenvalue weighted by Crippen LogP contribution is -2.32. The summed E-state index contributed by atoms with van der Waals surface area (Å²) >= 11 is 0. The Morgan fingerprint density at radius 3 is 2.86 bits per heavy atom. The molecule has 0 aromatic rings. The second-order valence-electron chi connectivity index (χ2n) is 3.55. The maximum Gasteiger partial charge on any atom is 0.246 e. The SMILES string of the molecule is CCCC(C)COCC(=O)NCCN. The average Bonchev–Trinajstić information content (AvgIpc) is 2.15. The molecule has 1 unspecified atom stereocenters. The van der Waals surface area contributed by atoms with Crippen LogP contribution < -0.4 is 11.1 Å². The van der Waals surface area contributed by atoms with Crippen LogP contribution in [0.25, 0.3) is 0 Å². The number of nitrogens with one attached hydrogen (secondary N) is 1. The van der Waals surface area contributed by atoms with E-state index in [9.17, 15) is 4.79 Å². The lowest BCUT2D eigenvalue weighted by atomic mass is 10.1. The van der Waals surface area contributed by atoms with Crippen molar-refractivity contribution in [3.63, 3.8) is 0 Å². The highest BCUT2D eigenvalue weighted by Crippen LogP contribution is 2.04. The first-order valence-corrected chi connectivity index (χ1v) is 5.25. The number of ether oxygens (including phenoxy) is 1. The van der Waals surface area contributed by atoms with E-state index in [2.05, 4.69) is 19.2 Å². The molecule has 0 radical (unpaired) electrons. The van der Waals surface area contributed by atoms with Crippen LogP contribution in [0.1, 0.15) is 26.7 Å². The van der Waals surface area contributed by atoms with Gasteiger partial charge in [0.1, 0.15) is 6.61 Å². The van der Waals surface area contributed by atoms with Crippen molar-refractivity contribution in [3.05, 3.63) is 0 Å². The van der Waals surface area contributed by atoms with Crippen LogP contribution in [-0.2, 0) is 9.53 Å². The molecular formula is C10H22N2O2. The molecule has 0 rings (SSSR count). The zero-order chi connectivity index (χ0) is 10.8. The van der Waals surface area contributed by atoms with Crippen molar-refractivity contribution in [2.24, 2.45) is 11.7 Å². The minimum absolute atomic E-state index is 0.0841. The highest BCUT2D eigenvalue weighted by atomic mass is 16.5. The van der Waals surface area contributed by atoms with Gasteiger partial charge in [-0.15, -0.1) is 0 Å².